The molecule has 88 valence electrons. The Hall–Kier alpha value is -1.81. The number of rotatable bonds is 2. The van der Waals surface area contributed by atoms with E-state index in [-0.39, 0.29) is 5.91 Å². The third-order valence-electron chi connectivity index (χ3n) is 2.33. The molecule has 0 radical (unpaired) electrons. The van der Waals surface area contributed by atoms with Crippen LogP contribution in [0.2, 0.25) is 5.02 Å². The number of carbonyl (C=O) groups excluding carboxylic acids is 1. The van der Waals surface area contributed by atoms with Crippen molar-refractivity contribution < 1.29 is 9.53 Å². The van der Waals surface area contributed by atoms with Crippen LogP contribution in [-0.2, 0) is 4.79 Å². The summed E-state index contributed by atoms with van der Waals surface area (Å²) in [6.45, 7) is 1.44. The first-order valence-electron chi connectivity index (χ1n) is 5.02. The summed E-state index contributed by atoms with van der Waals surface area (Å²) < 4.78 is 5.28. The first-order valence-corrected chi connectivity index (χ1v) is 5.40. The second-order valence-corrected chi connectivity index (χ2v) is 3.92. The van der Waals surface area contributed by atoms with Gasteiger partial charge in [-0.05, 0) is 18.2 Å². The van der Waals surface area contributed by atoms with Crippen molar-refractivity contribution in [1.29, 1.82) is 0 Å². The molecule has 0 saturated carbocycles. The highest BCUT2D eigenvalue weighted by Gasteiger charge is 2.11. The lowest BCUT2D eigenvalue weighted by molar-refractivity contribution is -0.114. The van der Waals surface area contributed by atoms with Gasteiger partial charge in [-0.25, -0.2) is 0 Å². The summed E-state index contributed by atoms with van der Waals surface area (Å²) in [6.07, 6.45) is 1.60. The highest BCUT2D eigenvalue weighted by molar-refractivity contribution is 6.35. The van der Waals surface area contributed by atoms with Gasteiger partial charge in [0.2, 0.25) is 5.91 Å². The molecule has 0 aliphatic heterocycles. The molecule has 0 aliphatic carbocycles. The van der Waals surface area contributed by atoms with Gasteiger partial charge in [-0.3, -0.25) is 9.78 Å². The molecule has 1 N–H and O–H groups in total. The van der Waals surface area contributed by atoms with Gasteiger partial charge in [0.1, 0.15) is 5.52 Å². The summed E-state index contributed by atoms with van der Waals surface area (Å²) in [4.78, 5) is 15.3. The predicted molar refractivity (Wildman–Crippen MR) is 67.6 cm³/mol. The lowest BCUT2D eigenvalue weighted by atomic mass is 10.1. The maximum absolute atomic E-state index is 11.1. The van der Waals surface area contributed by atoms with Crippen molar-refractivity contribution in [2.24, 2.45) is 0 Å². The molecule has 0 saturated heterocycles. The van der Waals surface area contributed by atoms with Crippen molar-refractivity contribution >= 4 is 34.1 Å². The monoisotopic (exact) mass is 250 g/mol. The number of nitrogens with one attached hydrogen (secondary N) is 1. The molecule has 0 fully saturated rings. The van der Waals surface area contributed by atoms with Crippen molar-refractivity contribution in [3.63, 3.8) is 0 Å². The third-order valence-corrected chi connectivity index (χ3v) is 2.66. The zero-order valence-electron chi connectivity index (χ0n) is 9.45. The van der Waals surface area contributed by atoms with Crippen LogP contribution in [0.4, 0.5) is 5.69 Å². The number of aromatic nitrogens is 1. The van der Waals surface area contributed by atoms with E-state index in [4.69, 9.17) is 16.3 Å². The van der Waals surface area contributed by atoms with Gasteiger partial charge in [0, 0.05) is 18.5 Å². The van der Waals surface area contributed by atoms with Gasteiger partial charge in [-0.1, -0.05) is 11.6 Å². The number of nitrogens with zero attached hydrogens (tertiary/aromatic N) is 1. The van der Waals surface area contributed by atoms with Gasteiger partial charge in [-0.15, -0.1) is 0 Å². The molecule has 2 rings (SSSR count). The van der Waals surface area contributed by atoms with Crippen molar-refractivity contribution in [3.8, 4) is 5.75 Å². The van der Waals surface area contributed by atoms with Gasteiger partial charge in [0.05, 0.1) is 17.8 Å². The number of anilines is 1. The minimum Gasteiger partial charge on any atom is -0.492 e. The zero-order valence-corrected chi connectivity index (χ0v) is 10.2. The Morgan fingerprint density at radius 3 is 2.82 bits per heavy atom. The van der Waals surface area contributed by atoms with Crippen molar-refractivity contribution in [2.45, 2.75) is 6.92 Å². The van der Waals surface area contributed by atoms with Gasteiger partial charge >= 0.3 is 0 Å². The number of halogens is 1. The van der Waals surface area contributed by atoms with Gasteiger partial charge < -0.3 is 10.1 Å². The quantitative estimate of drug-likeness (QED) is 0.892. The van der Waals surface area contributed by atoms with E-state index in [1.807, 2.05) is 0 Å². The highest BCUT2D eigenvalue weighted by atomic mass is 35.5. The average Bonchev–Trinajstić information content (AvgIpc) is 2.28. The van der Waals surface area contributed by atoms with Crippen LogP contribution in [0.3, 0.4) is 0 Å². The highest BCUT2D eigenvalue weighted by Crippen LogP contribution is 2.34. The van der Waals surface area contributed by atoms with E-state index in [0.717, 1.165) is 5.39 Å². The number of carbonyl (C=O) groups is 1. The van der Waals surface area contributed by atoms with E-state index in [1.165, 1.54) is 14.0 Å². The van der Waals surface area contributed by atoms with E-state index in [1.54, 1.807) is 24.4 Å². The van der Waals surface area contributed by atoms with Crippen molar-refractivity contribution in [3.05, 3.63) is 29.4 Å². The first-order chi connectivity index (χ1) is 8.13. The molecule has 5 heteroatoms. The lowest BCUT2D eigenvalue weighted by Crippen LogP contribution is -2.07. The van der Waals surface area contributed by atoms with Crippen LogP contribution in [0.25, 0.3) is 10.9 Å². The molecule has 1 amide bonds. The number of hydrogen-bond donors (Lipinski definition) is 1. The number of hydrogen-bond acceptors (Lipinski definition) is 3. The Morgan fingerprint density at radius 1 is 1.41 bits per heavy atom. The summed E-state index contributed by atoms with van der Waals surface area (Å²) in [5.41, 5.74) is 1.22. The van der Waals surface area contributed by atoms with Crippen LogP contribution >= 0.6 is 11.6 Å². The summed E-state index contributed by atoms with van der Waals surface area (Å²) >= 11 is 6.06. The molecule has 0 aliphatic rings. The van der Waals surface area contributed by atoms with E-state index in [9.17, 15) is 4.79 Å². The molecule has 0 spiro atoms. The molecule has 17 heavy (non-hydrogen) atoms. The second kappa shape index (κ2) is 4.59. The molecule has 0 bridgehead atoms. The molecule has 4 nitrogen and oxygen atoms in total. The standard InChI is InChI=1S/C12H11ClN2O2/c1-7(16)15-10-4-3-8-9(13)5-6-14-11(8)12(10)17-2/h3-6H,1-2H3,(H,15,16). The summed E-state index contributed by atoms with van der Waals surface area (Å²) in [7, 11) is 1.53. The minimum absolute atomic E-state index is 0.162. The van der Waals surface area contributed by atoms with E-state index < -0.39 is 0 Å². The fraction of sp³-hybridized carbons (Fsp3) is 0.167. The van der Waals surface area contributed by atoms with Crippen LogP contribution < -0.4 is 10.1 Å². The Labute approximate surface area is 104 Å². The normalized spacial score (nSPS) is 10.3. The molecule has 0 unspecified atom stereocenters. The van der Waals surface area contributed by atoms with E-state index in [2.05, 4.69) is 10.3 Å². The number of benzene rings is 1. The maximum atomic E-state index is 11.1. The van der Waals surface area contributed by atoms with Crippen LogP contribution in [0.15, 0.2) is 24.4 Å². The topological polar surface area (TPSA) is 51.2 Å². The first kappa shape index (κ1) is 11.7. The van der Waals surface area contributed by atoms with E-state index in [0.29, 0.717) is 22.0 Å². The smallest absolute Gasteiger partial charge is 0.221 e. The molecule has 2 aromatic rings. The molecule has 0 atom stereocenters. The van der Waals surface area contributed by atoms with Crippen LogP contribution in [0.1, 0.15) is 6.92 Å². The Balaban J connectivity index is 2.69. The number of pyridine rings is 1. The average molecular weight is 251 g/mol. The third kappa shape index (κ3) is 2.17. The Kier molecular flexibility index (Phi) is 3.15. The molecule has 1 aromatic heterocycles. The van der Waals surface area contributed by atoms with Gasteiger partial charge in [0.25, 0.3) is 0 Å². The summed E-state index contributed by atoms with van der Waals surface area (Å²) in [5, 5.41) is 4.08. The SMILES string of the molecule is COc1c(NC(C)=O)ccc2c(Cl)ccnc12. The Morgan fingerprint density at radius 2 is 2.18 bits per heavy atom. The zero-order chi connectivity index (χ0) is 12.4. The summed E-state index contributed by atoms with van der Waals surface area (Å²) in [6, 6.07) is 5.26. The maximum Gasteiger partial charge on any atom is 0.221 e. The lowest BCUT2D eigenvalue weighted by Gasteiger charge is -2.11. The number of amides is 1. The van der Waals surface area contributed by atoms with Crippen molar-refractivity contribution in [2.75, 3.05) is 12.4 Å². The van der Waals surface area contributed by atoms with Crippen molar-refractivity contribution in [1.82, 2.24) is 4.98 Å². The van der Waals surface area contributed by atoms with E-state index >= 15 is 0 Å². The van der Waals surface area contributed by atoms with Crippen LogP contribution in [-0.4, -0.2) is 18.0 Å². The van der Waals surface area contributed by atoms with Crippen LogP contribution in [0, 0.1) is 0 Å². The van der Waals surface area contributed by atoms with Gasteiger partial charge in [0.15, 0.2) is 5.75 Å². The van der Waals surface area contributed by atoms with Gasteiger partial charge in [-0.2, -0.15) is 0 Å². The molecular formula is C12H11ClN2O2. The molecular weight excluding hydrogens is 240 g/mol. The molecule has 1 heterocycles. The predicted octanol–water partition coefficient (Wildman–Crippen LogP) is 2.86. The minimum atomic E-state index is -0.162. The summed E-state index contributed by atoms with van der Waals surface area (Å²) in [5.74, 6) is 0.352. The second-order valence-electron chi connectivity index (χ2n) is 3.52. The largest absolute Gasteiger partial charge is 0.492 e. The van der Waals surface area contributed by atoms with Crippen LogP contribution in [0.5, 0.6) is 5.75 Å². The number of ether oxygens (including phenoxy) is 1. The number of methoxy groups -OCH3 is 1. The fourth-order valence-corrected chi connectivity index (χ4v) is 1.86. The molecule has 1 aromatic carbocycles. The Bertz CT molecular complexity index is 584. The number of fused-ring (bicyclic) bond motifs is 1. The fourth-order valence-electron chi connectivity index (χ4n) is 1.65.